The smallest absolute Gasteiger partial charge is 0.135 e. The third-order valence-corrected chi connectivity index (χ3v) is 4.10. The van der Waals surface area contributed by atoms with Crippen LogP contribution in [0, 0.1) is 0 Å². The monoisotopic (exact) mass is 252 g/mol. The van der Waals surface area contributed by atoms with Crippen LogP contribution in [0.15, 0.2) is 6.33 Å². The van der Waals surface area contributed by atoms with E-state index in [4.69, 9.17) is 5.73 Å². The van der Waals surface area contributed by atoms with Crippen LogP contribution in [0.2, 0.25) is 0 Å². The topological polar surface area (TPSA) is 63.8 Å². The molecule has 0 atom stereocenters. The number of nitrogens with one attached hydrogen (secondary N) is 1. The van der Waals surface area contributed by atoms with Crippen molar-refractivity contribution in [3.8, 4) is 0 Å². The van der Waals surface area contributed by atoms with Crippen molar-refractivity contribution in [1.82, 2.24) is 9.97 Å². The minimum absolute atomic E-state index is 0.344. The molecule has 94 valence electrons. The van der Waals surface area contributed by atoms with Gasteiger partial charge in [-0.05, 0) is 30.3 Å². The fourth-order valence-electron chi connectivity index (χ4n) is 2.13. The molecule has 1 saturated heterocycles. The summed E-state index contributed by atoms with van der Waals surface area (Å²) in [7, 11) is 0. The molecule has 3 N–H and O–H groups in total. The van der Waals surface area contributed by atoms with Crippen LogP contribution >= 0.6 is 11.8 Å². The second-order valence-corrected chi connectivity index (χ2v) is 5.93. The van der Waals surface area contributed by atoms with Gasteiger partial charge in [0, 0.05) is 11.6 Å². The molecule has 1 aliphatic rings. The number of nitrogens with two attached hydrogens (primary N) is 1. The van der Waals surface area contributed by atoms with Crippen molar-refractivity contribution in [2.24, 2.45) is 0 Å². The summed E-state index contributed by atoms with van der Waals surface area (Å²) in [4.78, 5) is 8.42. The molecule has 0 amide bonds. The van der Waals surface area contributed by atoms with Gasteiger partial charge >= 0.3 is 0 Å². The summed E-state index contributed by atoms with van der Waals surface area (Å²) in [6.45, 7) is 4.24. The first-order valence-corrected chi connectivity index (χ1v) is 7.28. The number of nitrogen functional groups attached to an aromatic ring is 1. The Bertz CT molecular complexity index is 375. The Balaban J connectivity index is 2.16. The van der Waals surface area contributed by atoms with E-state index >= 15 is 0 Å². The van der Waals surface area contributed by atoms with Gasteiger partial charge in [0.1, 0.15) is 18.0 Å². The van der Waals surface area contributed by atoms with E-state index in [9.17, 15) is 0 Å². The van der Waals surface area contributed by atoms with Crippen LogP contribution in [0.3, 0.4) is 0 Å². The first-order chi connectivity index (χ1) is 8.18. The van der Waals surface area contributed by atoms with Crippen molar-refractivity contribution < 1.29 is 0 Å². The van der Waals surface area contributed by atoms with Gasteiger partial charge in [0.15, 0.2) is 0 Å². The molecule has 1 fully saturated rings. The minimum atomic E-state index is 0.344. The summed E-state index contributed by atoms with van der Waals surface area (Å²) < 4.78 is 0. The van der Waals surface area contributed by atoms with E-state index in [1.807, 2.05) is 11.8 Å². The van der Waals surface area contributed by atoms with Crippen molar-refractivity contribution in [3.63, 3.8) is 0 Å². The van der Waals surface area contributed by atoms with Gasteiger partial charge in [-0.2, -0.15) is 11.8 Å². The molecule has 5 heteroatoms. The predicted octanol–water partition coefficient (Wildman–Crippen LogP) is 2.49. The van der Waals surface area contributed by atoms with Crippen LogP contribution in [0.25, 0.3) is 0 Å². The fourth-order valence-corrected chi connectivity index (χ4v) is 3.24. The summed E-state index contributed by atoms with van der Waals surface area (Å²) >= 11 is 2.03. The zero-order valence-corrected chi connectivity index (χ0v) is 11.3. The van der Waals surface area contributed by atoms with Crippen molar-refractivity contribution in [2.75, 3.05) is 22.6 Å². The second kappa shape index (κ2) is 5.58. The van der Waals surface area contributed by atoms with Crippen LogP contribution in [-0.4, -0.2) is 27.5 Å². The number of aromatic nitrogens is 2. The van der Waals surface area contributed by atoms with E-state index < -0.39 is 0 Å². The van der Waals surface area contributed by atoms with Crippen LogP contribution in [0.5, 0.6) is 0 Å². The zero-order valence-electron chi connectivity index (χ0n) is 10.4. The van der Waals surface area contributed by atoms with E-state index in [0.717, 1.165) is 11.4 Å². The lowest BCUT2D eigenvalue weighted by molar-refractivity contribution is 0.660. The third kappa shape index (κ3) is 3.03. The van der Waals surface area contributed by atoms with Gasteiger partial charge in [-0.15, -0.1) is 0 Å². The molecule has 0 aromatic carbocycles. The normalized spacial score (nSPS) is 17.4. The highest BCUT2D eigenvalue weighted by atomic mass is 32.2. The number of nitrogens with zero attached hydrogens (tertiary/aromatic N) is 2. The number of hydrogen-bond acceptors (Lipinski definition) is 5. The number of hydrogen-bond donors (Lipinski definition) is 2. The van der Waals surface area contributed by atoms with Crippen LogP contribution in [0.1, 0.15) is 38.2 Å². The zero-order chi connectivity index (χ0) is 12.3. The molecule has 1 aromatic rings. The molecule has 0 aliphatic carbocycles. The fraction of sp³-hybridized carbons (Fsp3) is 0.667. The number of thioether (sulfide) groups is 1. The van der Waals surface area contributed by atoms with E-state index in [0.29, 0.717) is 17.8 Å². The summed E-state index contributed by atoms with van der Waals surface area (Å²) in [6.07, 6.45) is 3.94. The Kier molecular flexibility index (Phi) is 4.10. The maximum Gasteiger partial charge on any atom is 0.135 e. The van der Waals surface area contributed by atoms with Gasteiger partial charge < -0.3 is 11.1 Å². The summed E-state index contributed by atoms with van der Waals surface area (Å²) in [6, 6.07) is 0.531. The van der Waals surface area contributed by atoms with Gasteiger partial charge in [-0.3, -0.25) is 0 Å². The predicted molar refractivity (Wildman–Crippen MR) is 74.5 cm³/mol. The molecule has 0 saturated carbocycles. The Hall–Kier alpha value is -0.970. The Morgan fingerprint density at radius 3 is 2.71 bits per heavy atom. The van der Waals surface area contributed by atoms with E-state index in [-0.39, 0.29) is 0 Å². The van der Waals surface area contributed by atoms with Gasteiger partial charge in [0.2, 0.25) is 0 Å². The van der Waals surface area contributed by atoms with Crippen LogP contribution in [-0.2, 0) is 0 Å². The lowest BCUT2D eigenvalue weighted by Crippen LogP contribution is -2.26. The molecule has 1 aromatic heterocycles. The SMILES string of the molecule is CC(C)c1c(N)ncnc1NC1CCSCC1. The highest BCUT2D eigenvalue weighted by Crippen LogP contribution is 2.28. The van der Waals surface area contributed by atoms with E-state index in [1.54, 1.807) is 6.33 Å². The van der Waals surface area contributed by atoms with Crippen molar-refractivity contribution in [2.45, 2.75) is 38.6 Å². The van der Waals surface area contributed by atoms with Crippen molar-refractivity contribution in [1.29, 1.82) is 0 Å². The molecular weight excluding hydrogens is 232 g/mol. The lowest BCUT2D eigenvalue weighted by atomic mass is 10.0. The van der Waals surface area contributed by atoms with Gasteiger partial charge in [-0.25, -0.2) is 9.97 Å². The molecule has 4 nitrogen and oxygen atoms in total. The van der Waals surface area contributed by atoms with E-state index in [2.05, 4.69) is 29.1 Å². The molecule has 0 spiro atoms. The molecule has 2 rings (SSSR count). The Morgan fingerprint density at radius 2 is 2.06 bits per heavy atom. The molecule has 0 radical (unpaired) electrons. The number of rotatable bonds is 3. The molecule has 0 unspecified atom stereocenters. The maximum atomic E-state index is 5.93. The molecule has 1 aliphatic heterocycles. The Labute approximate surface area is 107 Å². The van der Waals surface area contributed by atoms with Crippen molar-refractivity contribution in [3.05, 3.63) is 11.9 Å². The van der Waals surface area contributed by atoms with Gasteiger partial charge in [-0.1, -0.05) is 13.8 Å². The Morgan fingerprint density at radius 1 is 1.35 bits per heavy atom. The second-order valence-electron chi connectivity index (χ2n) is 4.71. The molecule has 2 heterocycles. The molecule has 17 heavy (non-hydrogen) atoms. The highest BCUT2D eigenvalue weighted by Gasteiger charge is 2.18. The third-order valence-electron chi connectivity index (χ3n) is 3.05. The number of anilines is 2. The summed E-state index contributed by atoms with van der Waals surface area (Å²) in [5.41, 5.74) is 6.98. The lowest BCUT2D eigenvalue weighted by Gasteiger charge is -2.25. The average molecular weight is 252 g/mol. The summed E-state index contributed by atoms with van der Waals surface area (Å²) in [5, 5.41) is 3.53. The van der Waals surface area contributed by atoms with E-state index in [1.165, 1.54) is 24.3 Å². The quantitative estimate of drug-likeness (QED) is 0.865. The molecular formula is C12H20N4S. The van der Waals surface area contributed by atoms with Crippen LogP contribution < -0.4 is 11.1 Å². The molecule has 0 bridgehead atoms. The maximum absolute atomic E-state index is 5.93. The summed E-state index contributed by atoms with van der Waals surface area (Å²) in [5.74, 6) is 4.33. The van der Waals surface area contributed by atoms with Crippen LogP contribution in [0.4, 0.5) is 11.6 Å². The van der Waals surface area contributed by atoms with Gasteiger partial charge in [0.05, 0.1) is 0 Å². The largest absolute Gasteiger partial charge is 0.383 e. The minimum Gasteiger partial charge on any atom is -0.383 e. The average Bonchev–Trinajstić information content (AvgIpc) is 2.30. The van der Waals surface area contributed by atoms with Crippen molar-refractivity contribution >= 4 is 23.4 Å². The first-order valence-electron chi connectivity index (χ1n) is 6.13. The van der Waals surface area contributed by atoms with Gasteiger partial charge in [0.25, 0.3) is 0 Å². The first kappa shape index (κ1) is 12.5. The standard InChI is InChI=1S/C12H20N4S/c1-8(2)10-11(13)14-7-15-12(10)16-9-3-5-17-6-4-9/h7-9H,3-6H2,1-2H3,(H3,13,14,15,16). The highest BCUT2D eigenvalue weighted by molar-refractivity contribution is 7.99.